The Labute approximate surface area is 160 Å². The second kappa shape index (κ2) is 6.46. The Morgan fingerprint density at radius 3 is 2.52 bits per heavy atom. The Morgan fingerprint density at radius 2 is 1.89 bits per heavy atom. The van der Waals surface area contributed by atoms with E-state index in [9.17, 15) is 4.79 Å². The molecule has 0 saturated carbocycles. The van der Waals surface area contributed by atoms with Gasteiger partial charge in [0.15, 0.2) is 0 Å². The van der Waals surface area contributed by atoms with Crippen LogP contribution >= 0.6 is 0 Å². The van der Waals surface area contributed by atoms with Crippen molar-refractivity contribution in [2.75, 3.05) is 39.3 Å². The number of hydrogen-bond donors (Lipinski definition) is 1. The molecule has 6 rings (SSSR count). The van der Waals surface area contributed by atoms with E-state index >= 15 is 0 Å². The van der Waals surface area contributed by atoms with Gasteiger partial charge < -0.3 is 19.7 Å². The van der Waals surface area contributed by atoms with Crippen LogP contribution in [0, 0.1) is 12.8 Å². The molecule has 0 spiro atoms. The van der Waals surface area contributed by atoms with Crippen LogP contribution in [-0.4, -0.2) is 70.6 Å². The maximum Gasteiger partial charge on any atom is 0.240 e. The van der Waals surface area contributed by atoms with Crippen LogP contribution in [0.1, 0.15) is 11.4 Å². The summed E-state index contributed by atoms with van der Waals surface area (Å²) < 4.78 is 1.92. The van der Waals surface area contributed by atoms with Crippen LogP contribution in [-0.2, 0) is 16.8 Å². The first-order valence-electron chi connectivity index (χ1n) is 9.91. The minimum absolute atomic E-state index is 0.0292. The predicted molar refractivity (Wildman–Crippen MR) is 103 cm³/mol. The summed E-state index contributed by atoms with van der Waals surface area (Å²) in [7, 11) is 0. The standard InChI is InChI=1S/C21H27N5O/c1-16-22-7-8-26(16)13-19(27)23-20-17-11-24-9-10-25(12-17)15-21(20,14-24)18-5-3-2-4-6-18/h2-8,17,20H,9-15H2,1H3,(H,23,27)/t17?,20-,21?/m1/s1. The second-order valence-corrected chi connectivity index (χ2v) is 8.40. The number of amides is 1. The number of carbonyl (C=O) groups is 1. The van der Waals surface area contributed by atoms with Crippen molar-refractivity contribution >= 4 is 5.91 Å². The van der Waals surface area contributed by atoms with E-state index in [1.807, 2.05) is 17.7 Å². The van der Waals surface area contributed by atoms with Gasteiger partial charge in [-0.15, -0.1) is 0 Å². The maximum absolute atomic E-state index is 12.9. The number of benzene rings is 1. The molecule has 6 heteroatoms. The van der Waals surface area contributed by atoms with Gasteiger partial charge in [-0.2, -0.15) is 0 Å². The number of piperidine rings is 2. The lowest BCUT2D eigenvalue weighted by Crippen LogP contribution is -2.70. The summed E-state index contributed by atoms with van der Waals surface area (Å²) in [5, 5.41) is 3.45. The van der Waals surface area contributed by atoms with Gasteiger partial charge in [-0.05, 0) is 12.5 Å². The van der Waals surface area contributed by atoms with Crippen molar-refractivity contribution in [3.05, 3.63) is 54.1 Å². The number of hydrogen-bond acceptors (Lipinski definition) is 4. The third-order valence-corrected chi connectivity index (χ3v) is 6.70. The number of imidazole rings is 1. The summed E-state index contributed by atoms with van der Waals surface area (Å²) in [4.78, 5) is 22.4. The average molecular weight is 365 g/mol. The third-order valence-electron chi connectivity index (χ3n) is 6.70. The van der Waals surface area contributed by atoms with Crippen LogP contribution in [0.15, 0.2) is 42.7 Å². The quantitative estimate of drug-likeness (QED) is 0.874. The van der Waals surface area contributed by atoms with Gasteiger partial charge in [0, 0.05) is 69.0 Å². The Balaban J connectivity index is 1.46. The Morgan fingerprint density at radius 1 is 1.19 bits per heavy atom. The molecule has 4 aliphatic heterocycles. The molecule has 2 unspecified atom stereocenters. The van der Waals surface area contributed by atoms with E-state index in [1.54, 1.807) is 6.20 Å². The third kappa shape index (κ3) is 2.87. The highest BCUT2D eigenvalue weighted by Gasteiger charge is 2.55. The number of fused-ring (bicyclic) bond motifs is 1. The van der Waals surface area contributed by atoms with Gasteiger partial charge in [0.2, 0.25) is 5.91 Å². The Bertz CT molecular complexity index is 816. The number of aryl methyl sites for hydroxylation is 1. The SMILES string of the molecule is Cc1nccn1CC(=O)N[C@@H]1C2CN3CCN(C2)CC1(c1ccccc1)C3. The normalized spacial score (nSPS) is 34.4. The van der Waals surface area contributed by atoms with Crippen molar-refractivity contribution in [1.82, 2.24) is 24.7 Å². The van der Waals surface area contributed by atoms with E-state index in [1.165, 1.54) is 5.56 Å². The molecule has 4 bridgehead atoms. The first-order chi connectivity index (χ1) is 13.1. The molecule has 1 amide bonds. The topological polar surface area (TPSA) is 53.4 Å². The molecule has 1 N–H and O–H groups in total. The summed E-state index contributed by atoms with van der Waals surface area (Å²) in [6.07, 6.45) is 3.63. The number of carbonyl (C=O) groups excluding carboxylic acids is 1. The van der Waals surface area contributed by atoms with Crippen molar-refractivity contribution in [3.8, 4) is 0 Å². The molecular formula is C21H27N5O. The van der Waals surface area contributed by atoms with Crippen LogP contribution in [0.3, 0.4) is 0 Å². The molecule has 27 heavy (non-hydrogen) atoms. The molecule has 4 saturated heterocycles. The van der Waals surface area contributed by atoms with Crippen molar-refractivity contribution in [1.29, 1.82) is 0 Å². The van der Waals surface area contributed by atoms with Crippen molar-refractivity contribution in [3.63, 3.8) is 0 Å². The summed E-state index contributed by atoms with van der Waals surface area (Å²) in [6.45, 7) is 8.78. The van der Waals surface area contributed by atoms with Crippen LogP contribution in [0.25, 0.3) is 0 Å². The van der Waals surface area contributed by atoms with Gasteiger partial charge >= 0.3 is 0 Å². The lowest BCUT2D eigenvalue weighted by atomic mass is 9.64. The molecule has 4 fully saturated rings. The minimum Gasteiger partial charge on any atom is -0.350 e. The molecule has 0 radical (unpaired) electrons. The first kappa shape index (κ1) is 17.0. The predicted octanol–water partition coefficient (Wildman–Crippen LogP) is 0.875. The van der Waals surface area contributed by atoms with E-state index in [2.05, 4.69) is 50.4 Å². The van der Waals surface area contributed by atoms with Crippen LogP contribution in [0.5, 0.6) is 0 Å². The van der Waals surface area contributed by atoms with Gasteiger partial charge in [0.05, 0.1) is 0 Å². The monoisotopic (exact) mass is 365 g/mol. The molecule has 142 valence electrons. The second-order valence-electron chi connectivity index (χ2n) is 8.40. The molecule has 1 aromatic heterocycles. The number of aromatic nitrogens is 2. The van der Waals surface area contributed by atoms with Crippen molar-refractivity contribution in [2.45, 2.75) is 24.9 Å². The molecule has 5 heterocycles. The van der Waals surface area contributed by atoms with E-state index in [4.69, 9.17) is 0 Å². The lowest BCUT2D eigenvalue weighted by molar-refractivity contribution is -0.125. The first-order valence-corrected chi connectivity index (χ1v) is 9.91. The van der Waals surface area contributed by atoms with E-state index in [-0.39, 0.29) is 17.4 Å². The zero-order chi connectivity index (χ0) is 18.4. The van der Waals surface area contributed by atoms with E-state index in [0.717, 1.165) is 45.1 Å². The molecule has 0 aliphatic carbocycles. The zero-order valence-corrected chi connectivity index (χ0v) is 15.8. The molecule has 3 atom stereocenters. The molecule has 2 aromatic rings. The fourth-order valence-electron chi connectivity index (χ4n) is 5.51. The summed E-state index contributed by atoms with van der Waals surface area (Å²) in [6, 6.07) is 11.0. The molecular weight excluding hydrogens is 338 g/mol. The Kier molecular flexibility index (Phi) is 4.06. The van der Waals surface area contributed by atoms with Gasteiger partial charge in [-0.1, -0.05) is 30.3 Å². The van der Waals surface area contributed by atoms with Crippen LogP contribution < -0.4 is 5.32 Å². The van der Waals surface area contributed by atoms with Gasteiger partial charge in [-0.25, -0.2) is 4.98 Å². The van der Waals surface area contributed by atoms with E-state index < -0.39 is 0 Å². The summed E-state index contributed by atoms with van der Waals surface area (Å²) in [5.41, 5.74) is 1.33. The van der Waals surface area contributed by atoms with Gasteiger partial charge in [0.25, 0.3) is 0 Å². The smallest absolute Gasteiger partial charge is 0.240 e. The molecule has 4 aliphatic rings. The minimum atomic E-state index is -0.0292. The fourth-order valence-corrected chi connectivity index (χ4v) is 5.51. The van der Waals surface area contributed by atoms with Gasteiger partial charge in [-0.3, -0.25) is 4.79 Å². The number of nitrogens with zero attached hydrogens (tertiary/aromatic N) is 4. The highest BCUT2D eigenvalue weighted by Crippen LogP contribution is 2.43. The summed E-state index contributed by atoms with van der Waals surface area (Å²) >= 11 is 0. The van der Waals surface area contributed by atoms with Crippen LogP contribution in [0.2, 0.25) is 0 Å². The van der Waals surface area contributed by atoms with Crippen molar-refractivity contribution in [2.24, 2.45) is 5.92 Å². The largest absolute Gasteiger partial charge is 0.350 e. The summed E-state index contributed by atoms with van der Waals surface area (Å²) in [5.74, 6) is 1.44. The zero-order valence-electron chi connectivity index (χ0n) is 15.8. The van der Waals surface area contributed by atoms with Crippen molar-refractivity contribution < 1.29 is 4.79 Å². The highest BCUT2D eigenvalue weighted by molar-refractivity contribution is 5.76. The lowest BCUT2D eigenvalue weighted by Gasteiger charge is -2.55. The number of rotatable bonds is 4. The van der Waals surface area contributed by atoms with Gasteiger partial charge in [0.1, 0.15) is 12.4 Å². The van der Waals surface area contributed by atoms with Crippen LogP contribution in [0.4, 0.5) is 0 Å². The average Bonchev–Trinajstić information content (AvgIpc) is 2.90. The Hall–Kier alpha value is -2.18. The molecule has 6 nitrogen and oxygen atoms in total. The maximum atomic E-state index is 12.9. The van der Waals surface area contributed by atoms with E-state index in [0.29, 0.717) is 12.5 Å². The fraction of sp³-hybridized carbons (Fsp3) is 0.524. The number of nitrogens with one attached hydrogen (secondary N) is 1. The highest BCUT2D eigenvalue weighted by atomic mass is 16.2. The molecule has 1 aromatic carbocycles.